The average molecular weight is 296 g/mol. The van der Waals surface area contributed by atoms with Crippen LogP contribution < -0.4 is 10.6 Å². The SMILES string of the molecule is O=C(N[C@@H]1CCSc2c(F)cccc21)[C@H]1C[C@H](O)CN1. The molecule has 0 aromatic heterocycles. The van der Waals surface area contributed by atoms with Crippen LogP contribution in [-0.4, -0.2) is 35.5 Å². The summed E-state index contributed by atoms with van der Waals surface area (Å²) in [4.78, 5) is 12.8. The van der Waals surface area contributed by atoms with E-state index in [-0.39, 0.29) is 23.8 Å². The zero-order valence-electron chi connectivity index (χ0n) is 10.9. The van der Waals surface area contributed by atoms with Gasteiger partial charge in [0.25, 0.3) is 0 Å². The molecular formula is C14H17FN2O2S. The fourth-order valence-electron chi connectivity index (χ4n) is 2.73. The summed E-state index contributed by atoms with van der Waals surface area (Å²) in [6.45, 7) is 0.448. The Hall–Kier alpha value is -1.11. The van der Waals surface area contributed by atoms with Crippen LogP contribution in [0.4, 0.5) is 4.39 Å². The molecule has 1 amide bonds. The smallest absolute Gasteiger partial charge is 0.237 e. The van der Waals surface area contributed by atoms with Gasteiger partial charge in [-0.25, -0.2) is 4.39 Å². The Morgan fingerprint density at radius 3 is 3.10 bits per heavy atom. The number of nitrogens with one attached hydrogen (secondary N) is 2. The number of benzene rings is 1. The van der Waals surface area contributed by atoms with Crippen molar-refractivity contribution in [2.75, 3.05) is 12.3 Å². The highest BCUT2D eigenvalue weighted by atomic mass is 32.2. The molecule has 0 radical (unpaired) electrons. The minimum Gasteiger partial charge on any atom is -0.392 e. The molecule has 0 unspecified atom stereocenters. The van der Waals surface area contributed by atoms with Crippen LogP contribution in [0.2, 0.25) is 0 Å². The first-order valence-corrected chi connectivity index (χ1v) is 7.76. The van der Waals surface area contributed by atoms with E-state index in [9.17, 15) is 14.3 Å². The second kappa shape index (κ2) is 5.71. The molecule has 0 saturated carbocycles. The Labute approximate surface area is 121 Å². The van der Waals surface area contributed by atoms with Gasteiger partial charge in [-0.2, -0.15) is 0 Å². The van der Waals surface area contributed by atoms with Crippen molar-refractivity contribution in [1.82, 2.24) is 10.6 Å². The number of rotatable bonds is 2. The van der Waals surface area contributed by atoms with Gasteiger partial charge in [-0.05, 0) is 24.5 Å². The van der Waals surface area contributed by atoms with Gasteiger partial charge in [0.05, 0.1) is 18.2 Å². The maximum Gasteiger partial charge on any atom is 0.237 e. The molecule has 1 saturated heterocycles. The van der Waals surface area contributed by atoms with E-state index < -0.39 is 6.10 Å². The van der Waals surface area contributed by atoms with E-state index >= 15 is 0 Å². The monoisotopic (exact) mass is 296 g/mol. The molecule has 0 spiro atoms. The fraction of sp³-hybridized carbons (Fsp3) is 0.500. The minimum absolute atomic E-state index is 0.117. The zero-order chi connectivity index (χ0) is 14.1. The lowest BCUT2D eigenvalue weighted by molar-refractivity contribution is -0.123. The second-order valence-corrected chi connectivity index (χ2v) is 6.31. The first-order valence-electron chi connectivity index (χ1n) is 6.78. The summed E-state index contributed by atoms with van der Waals surface area (Å²) in [6, 6.07) is 4.50. The van der Waals surface area contributed by atoms with Crippen LogP contribution in [0.3, 0.4) is 0 Å². The van der Waals surface area contributed by atoms with Crippen molar-refractivity contribution >= 4 is 17.7 Å². The van der Waals surface area contributed by atoms with Crippen molar-refractivity contribution in [1.29, 1.82) is 0 Å². The molecule has 2 aliphatic heterocycles. The van der Waals surface area contributed by atoms with Crippen LogP contribution in [0, 0.1) is 5.82 Å². The Morgan fingerprint density at radius 1 is 1.50 bits per heavy atom. The number of fused-ring (bicyclic) bond motifs is 1. The van der Waals surface area contributed by atoms with Gasteiger partial charge >= 0.3 is 0 Å². The average Bonchev–Trinajstić information content (AvgIpc) is 2.87. The number of aliphatic hydroxyl groups is 1. The van der Waals surface area contributed by atoms with E-state index in [2.05, 4.69) is 10.6 Å². The van der Waals surface area contributed by atoms with Gasteiger partial charge in [0.15, 0.2) is 0 Å². The second-order valence-electron chi connectivity index (χ2n) is 5.21. The summed E-state index contributed by atoms with van der Waals surface area (Å²) in [6.07, 6.45) is 0.767. The number of β-amino-alcohol motifs (C(OH)–C–C–N with tert-alkyl or cyclic N) is 1. The highest BCUT2D eigenvalue weighted by Crippen LogP contribution is 2.37. The van der Waals surface area contributed by atoms with E-state index in [0.29, 0.717) is 17.9 Å². The predicted molar refractivity (Wildman–Crippen MR) is 75.0 cm³/mol. The Kier molecular flexibility index (Phi) is 3.96. The molecule has 0 bridgehead atoms. The first kappa shape index (κ1) is 13.9. The first-order chi connectivity index (χ1) is 9.65. The number of carbonyl (C=O) groups is 1. The number of thioether (sulfide) groups is 1. The number of aliphatic hydroxyl groups excluding tert-OH is 1. The maximum atomic E-state index is 13.8. The third-order valence-corrected chi connectivity index (χ3v) is 4.93. The highest BCUT2D eigenvalue weighted by molar-refractivity contribution is 7.99. The maximum absolute atomic E-state index is 13.8. The van der Waals surface area contributed by atoms with Crippen LogP contribution in [0.1, 0.15) is 24.4 Å². The molecule has 4 nitrogen and oxygen atoms in total. The van der Waals surface area contributed by atoms with E-state index in [0.717, 1.165) is 17.7 Å². The van der Waals surface area contributed by atoms with Crippen LogP contribution in [-0.2, 0) is 4.79 Å². The summed E-state index contributed by atoms with van der Waals surface area (Å²) in [5.74, 6) is 0.453. The molecule has 3 N–H and O–H groups in total. The molecule has 1 aromatic carbocycles. The van der Waals surface area contributed by atoms with Gasteiger partial charge in [-0.3, -0.25) is 4.79 Å². The van der Waals surface area contributed by atoms with Gasteiger partial charge in [0, 0.05) is 17.2 Å². The Balaban J connectivity index is 1.73. The zero-order valence-corrected chi connectivity index (χ0v) is 11.8. The molecule has 2 aliphatic rings. The van der Waals surface area contributed by atoms with Crippen molar-refractivity contribution in [3.8, 4) is 0 Å². The minimum atomic E-state index is -0.461. The normalized spacial score (nSPS) is 29.0. The van der Waals surface area contributed by atoms with Crippen LogP contribution in [0.15, 0.2) is 23.1 Å². The van der Waals surface area contributed by atoms with Gasteiger partial charge in [-0.1, -0.05) is 12.1 Å². The summed E-state index contributed by atoms with van der Waals surface area (Å²) in [5, 5.41) is 15.4. The summed E-state index contributed by atoms with van der Waals surface area (Å²) in [7, 11) is 0. The number of carbonyl (C=O) groups excluding carboxylic acids is 1. The van der Waals surface area contributed by atoms with Crippen molar-refractivity contribution in [2.24, 2.45) is 0 Å². The molecule has 6 heteroatoms. The Morgan fingerprint density at radius 2 is 2.35 bits per heavy atom. The van der Waals surface area contributed by atoms with Crippen molar-refractivity contribution in [2.45, 2.75) is 35.9 Å². The molecule has 1 aromatic rings. The summed E-state index contributed by atoms with van der Waals surface area (Å²) >= 11 is 1.50. The molecule has 20 heavy (non-hydrogen) atoms. The molecule has 2 heterocycles. The Bertz CT molecular complexity index is 526. The molecular weight excluding hydrogens is 279 g/mol. The van der Waals surface area contributed by atoms with E-state index in [1.165, 1.54) is 17.8 Å². The van der Waals surface area contributed by atoms with Gasteiger partial charge in [0.1, 0.15) is 5.82 Å². The van der Waals surface area contributed by atoms with Gasteiger partial charge in [-0.15, -0.1) is 11.8 Å². The number of hydrogen-bond donors (Lipinski definition) is 3. The summed E-state index contributed by atoms with van der Waals surface area (Å²) < 4.78 is 13.8. The highest BCUT2D eigenvalue weighted by Gasteiger charge is 2.31. The fourth-order valence-corrected chi connectivity index (χ4v) is 3.87. The van der Waals surface area contributed by atoms with E-state index in [1.807, 2.05) is 6.07 Å². The summed E-state index contributed by atoms with van der Waals surface area (Å²) in [5.41, 5.74) is 0.855. The number of amides is 1. The molecule has 1 fully saturated rings. The van der Waals surface area contributed by atoms with Crippen LogP contribution >= 0.6 is 11.8 Å². The van der Waals surface area contributed by atoms with E-state index in [1.54, 1.807) is 6.07 Å². The van der Waals surface area contributed by atoms with Crippen LogP contribution in [0.25, 0.3) is 0 Å². The van der Waals surface area contributed by atoms with Crippen molar-refractivity contribution in [3.05, 3.63) is 29.6 Å². The van der Waals surface area contributed by atoms with Crippen LogP contribution in [0.5, 0.6) is 0 Å². The predicted octanol–water partition coefficient (Wildman–Crippen LogP) is 1.20. The topological polar surface area (TPSA) is 61.4 Å². The lowest BCUT2D eigenvalue weighted by atomic mass is 10.0. The third-order valence-electron chi connectivity index (χ3n) is 3.77. The number of hydrogen-bond acceptors (Lipinski definition) is 4. The molecule has 108 valence electrons. The largest absolute Gasteiger partial charge is 0.392 e. The standard InChI is InChI=1S/C14H17FN2O2S/c15-10-3-1-2-9-11(4-5-20-13(9)10)17-14(19)12-6-8(18)7-16-12/h1-3,8,11-12,16,18H,4-7H2,(H,17,19)/t8-,11+,12+/m0/s1. The lowest BCUT2D eigenvalue weighted by Crippen LogP contribution is -2.42. The quantitative estimate of drug-likeness (QED) is 0.767. The molecule has 3 rings (SSSR count). The molecule has 0 aliphatic carbocycles. The van der Waals surface area contributed by atoms with E-state index in [4.69, 9.17) is 0 Å². The van der Waals surface area contributed by atoms with Gasteiger partial charge < -0.3 is 15.7 Å². The van der Waals surface area contributed by atoms with Crippen molar-refractivity contribution < 1.29 is 14.3 Å². The number of halogens is 1. The van der Waals surface area contributed by atoms with Crippen molar-refractivity contribution in [3.63, 3.8) is 0 Å². The van der Waals surface area contributed by atoms with Gasteiger partial charge in [0.2, 0.25) is 5.91 Å². The third kappa shape index (κ3) is 2.68. The lowest BCUT2D eigenvalue weighted by Gasteiger charge is -2.27. The molecule has 3 atom stereocenters.